The van der Waals surface area contributed by atoms with Crippen LogP contribution in [0.5, 0.6) is 5.75 Å². The van der Waals surface area contributed by atoms with Crippen LogP contribution in [0.3, 0.4) is 0 Å². The van der Waals surface area contributed by atoms with E-state index < -0.39 is 6.36 Å². The van der Waals surface area contributed by atoms with Gasteiger partial charge in [0.2, 0.25) is 5.89 Å². The smallest absolute Gasteiger partial charge is 0.434 e. The first-order valence-electron chi connectivity index (χ1n) is 5.59. The van der Waals surface area contributed by atoms with Crippen molar-refractivity contribution in [1.82, 2.24) is 9.97 Å². The molecule has 2 heterocycles. The molecule has 0 aliphatic carbocycles. The van der Waals surface area contributed by atoms with Crippen molar-refractivity contribution >= 4 is 11.2 Å². The fourth-order valence-electron chi connectivity index (χ4n) is 1.69. The third-order valence-electron chi connectivity index (χ3n) is 2.50. The van der Waals surface area contributed by atoms with Crippen molar-refractivity contribution in [3.63, 3.8) is 0 Å². The first-order chi connectivity index (χ1) is 9.51. The molecule has 1 aromatic carbocycles. The maximum Gasteiger partial charge on any atom is 0.573 e. The Hall–Kier alpha value is -2.57. The van der Waals surface area contributed by atoms with E-state index in [1.54, 1.807) is 18.3 Å². The predicted octanol–water partition coefficient (Wildman–Crippen LogP) is 3.79. The second kappa shape index (κ2) is 4.52. The summed E-state index contributed by atoms with van der Waals surface area (Å²) in [6.07, 6.45) is -3.13. The standard InChI is InChI=1S/C13H7F3N2O2/c14-13(15,16)20-9-5-3-8(4-6-9)12-18-11-10(19-12)2-1-7-17-11/h1-7H. The van der Waals surface area contributed by atoms with E-state index in [4.69, 9.17) is 4.42 Å². The van der Waals surface area contributed by atoms with Crippen LogP contribution in [0.25, 0.3) is 22.7 Å². The molecule has 4 nitrogen and oxygen atoms in total. The number of ether oxygens (including phenoxy) is 1. The average Bonchev–Trinajstić information content (AvgIpc) is 2.81. The average molecular weight is 280 g/mol. The Morgan fingerprint density at radius 1 is 1.05 bits per heavy atom. The van der Waals surface area contributed by atoms with Gasteiger partial charge in [-0.15, -0.1) is 13.2 Å². The summed E-state index contributed by atoms with van der Waals surface area (Å²) in [5, 5.41) is 0. The Kier molecular flexibility index (Phi) is 2.81. The van der Waals surface area contributed by atoms with Crippen molar-refractivity contribution in [3.05, 3.63) is 42.6 Å². The molecule has 3 rings (SSSR count). The normalized spacial score (nSPS) is 11.8. The number of rotatable bonds is 2. The number of nitrogens with zero attached hydrogens (tertiary/aromatic N) is 2. The molecule has 0 bridgehead atoms. The Bertz CT molecular complexity index is 702. The lowest BCUT2D eigenvalue weighted by Gasteiger charge is -2.08. The third kappa shape index (κ3) is 2.56. The molecular weight excluding hydrogens is 273 g/mol. The third-order valence-corrected chi connectivity index (χ3v) is 2.50. The van der Waals surface area contributed by atoms with Crippen LogP contribution >= 0.6 is 0 Å². The lowest BCUT2D eigenvalue weighted by molar-refractivity contribution is -0.274. The fraction of sp³-hybridized carbons (Fsp3) is 0.0769. The van der Waals surface area contributed by atoms with E-state index in [0.29, 0.717) is 16.8 Å². The lowest BCUT2D eigenvalue weighted by Crippen LogP contribution is -2.16. The van der Waals surface area contributed by atoms with Crippen molar-refractivity contribution in [3.8, 4) is 17.2 Å². The second-order valence-electron chi connectivity index (χ2n) is 3.92. The first-order valence-corrected chi connectivity index (χ1v) is 5.59. The van der Waals surface area contributed by atoms with E-state index in [2.05, 4.69) is 14.7 Å². The van der Waals surface area contributed by atoms with Crippen LogP contribution in [0.4, 0.5) is 13.2 Å². The number of pyridine rings is 1. The summed E-state index contributed by atoms with van der Waals surface area (Å²) in [6, 6.07) is 8.69. The summed E-state index contributed by atoms with van der Waals surface area (Å²) in [4.78, 5) is 8.16. The molecule has 7 heteroatoms. The van der Waals surface area contributed by atoms with Crippen LogP contribution in [0.15, 0.2) is 47.0 Å². The zero-order chi connectivity index (χ0) is 14.2. The minimum absolute atomic E-state index is 0.289. The molecule has 0 unspecified atom stereocenters. The Labute approximate surface area is 110 Å². The van der Waals surface area contributed by atoms with Gasteiger partial charge in [-0.05, 0) is 36.4 Å². The van der Waals surface area contributed by atoms with E-state index in [9.17, 15) is 13.2 Å². The van der Waals surface area contributed by atoms with Crippen LogP contribution < -0.4 is 4.74 Å². The molecule has 0 amide bonds. The number of aromatic nitrogens is 2. The van der Waals surface area contributed by atoms with Gasteiger partial charge >= 0.3 is 6.36 Å². The van der Waals surface area contributed by atoms with E-state index >= 15 is 0 Å². The highest BCUT2D eigenvalue weighted by atomic mass is 19.4. The molecule has 0 spiro atoms. The van der Waals surface area contributed by atoms with Gasteiger partial charge in [0.25, 0.3) is 0 Å². The molecular formula is C13H7F3N2O2. The molecule has 0 fully saturated rings. The van der Waals surface area contributed by atoms with Gasteiger partial charge in [-0.1, -0.05) is 0 Å². The molecule has 0 atom stereocenters. The Morgan fingerprint density at radius 2 is 1.80 bits per heavy atom. The maximum absolute atomic E-state index is 12.0. The molecule has 0 saturated carbocycles. The van der Waals surface area contributed by atoms with Crippen LogP contribution in [0.2, 0.25) is 0 Å². The van der Waals surface area contributed by atoms with Gasteiger partial charge in [0.1, 0.15) is 5.75 Å². The quantitative estimate of drug-likeness (QED) is 0.716. The summed E-state index contributed by atoms with van der Waals surface area (Å²) >= 11 is 0. The van der Waals surface area contributed by atoms with Gasteiger partial charge in [0.05, 0.1) is 0 Å². The van der Waals surface area contributed by atoms with E-state index in [1.807, 2.05) is 0 Å². The molecule has 2 aromatic heterocycles. The van der Waals surface area contributed by atoms with Gasteiger partial charge in [-0.25, -0.2) is 4.98 Å². The van der Waals surface area contributed by atoms with Gasteiger partial charge in [-0.3, -0.25) is 0 Å². The number of halogens is 3. The van der Waals surface area contributed by atoms with E-state index in [1.165, 1.54) is 24.3 Å². The summed E-state index contributed by atoms with van der Waals surface area (Å²) < 4.78 is 45.4. The monoisotopic (exact) mass is 280 g/mol. The number of oxazole rings is 1. The zero-order valence-corrected chi connectivity index (χ0v) is 9.89. The minimum atomic E-state index is -4.71. The summed E-state index contributed by atoms with van der Waals surface area (Å²) in [5.74, 6) is -0.00672. The van der Waals surface area contributed by atoms with Crippen molar-refractivity contribution in [2.24, 2.45) is 0 Å². The van der Waals surface area contributed by atoms with Crippen molar-refractivity contribution in [2.45, 2.75) is 6.36 Å². The van der Waals surface area contributed by atoms with Gasteiger partial charge in [0.15, 0.2) is 11.2 Å². The Morgan fingerprint density at radius 3 is 2.45 bits per heavy atom. The molecule has 0 aliphatic rings. The van der Waals surface area contributed by atoms with E-state index in [0.717, 1.165) is 0 Å². The van der Waals surface area contributed by atoms with Crippen molar-refractivity contribution in [1.29, 1.82) is 0 Å². The molecule has 0 N–H and O–H groups in total. The number of hydrogen-bond donors (Lipinski definition) is 0. The van der Waals surface area contributed by atoms with Gasteiger partial charge < -0.3 is 9.15 Å². The van der Waals surface area contributed by atoms with Crippen molar-refractivity contribution < 1.29 is 22.3 Å². The topological polar surface area (TPSA) is 48.2 Å². The summed E-state index contributed by atoms with van der Waals surface area (Å²) in [6.45, 7) is 0. The fourth-order valence-corrected chi connectivity index (χ4v) is 1.69. The highest BCUT2D eigenvalue weighted by Gasteiger charge is 2.31. The SMILES string of the molecule is FC(F)(F)Oc1ccc(-c2nc3ncccc3o2)cc1. The second-order valence-corrected chi connectivity index (χ2v) is 3.92. The first kappa shape index (κ1) is 12.5. The number of hydrogen-bond acceptors (Lipinski definition) is 4. The highest BCUT2D eigenvalue weighted by molar-refractivity contribution is 5.71. The molecule has 0 radical (unpaired) electrons. The van der Waals surface area contributed by atoms with Crippen LogP contribution in [0, 0.1) is 0 Å². The molecule has 0 aliphatic heterocycles. The largest absolute Gasteiger partial charge is 0.573 e. The Balaban J connectivity index is 1.90. The minimum Gasteiger partial charge on any atom is -0.434 e. The lowest BCUT2D eigenvalue weighted by atomic mass is 10.2. The van der Waals surface area contributed by atoms with Gasteiger partial charge in [0, 0.05) is 11.8 Å². The van der Waals surface area contributed by atoms with Gasteiger partial charge in [-0.2, -0.15) is 4.98 Å². The number of alkyl halides is 3. The van der Waals surface area contributed by atoms with Crippen molar-refractivity contribution in [2.75, 3.05) is 0 Å². The predicted molar refractivity (Wildman–Crippen MR) is 63.9 cm³/mol. The molecule has 20 heavy (non-hydrogen) atoms. The van der Waals surface area contributed by atoms with Crippen LogP contribution in [-0.2, 0) is 0 Å². The number of benzene rings is 1. The molecule has 0 saturated heterocycles. The van der Waals surface area contributed by atoms with Crippen LogP contribution in [-0.4, -0.2) is 16.3 Å². The number of fused-ring (bicyclic) bond motifs is 1. The molecule has 3 aromatic rings. The molecule has 102 valence electrons. The summed E-state index contributed by atoms with van der Waals surface area (Å²) in [5.41, 5.74) is 1.49. The zero-order valence-electron chi connectivity index (χ0n) is 9.89. The van der Waals surface area contributed by atoms with Crippen LogP contribution in [0.1, 0.15) is 0 Å². The maximum atomic E-state index is 12.0. The van der Waals surface area contributed by atoms with E-state index in [-0.39, 0.29) is 11.6 Å². The summed E-state index contributed by atoms with van der Waals surface area (Å²) in [7, 11) is 0. The highest BCUT2D eigenvalue weighted by Crippen LogP contribution is 2.27.